The quantitative estimate of drug-likeness (QED) is 0.315. The highest BCUT2D eigenvalue weighted by atomic mass is 14.2. The van der Waals surface area contributed by atoms with Crippen LogP contribution in [-0.2, 0) is 0 Å². The van der Waals surface area contributed by atoms with Crippen LogP contribution >= 0.6 is 0 Å². The monoisotopic (exact) mass is 300 g/mol. The zero-order chi connectivity index (χ0) is 16.6. The van der Waals surface area contributed by atoms with Gasteiger partial charge >= 0.3 is 0 Å². The molecule has 0 aromatic heterocycles. The van der Waals surface area contributed by atoms with E-state index in [9.17, 15) is 0 Å². The Kier molecular flexibility index (Phi) is 2.82. The average molecular weight is 300 g/mol. The summed E-state index contributed by atoms with van der Waals surface area (Å²) in [6.07, 6.45) is 0. The summed E-state index contributed by atoms with van der Waals surface area (Å²) in [5.74, 6) is 0. The second-order valence-corrected chi connectivity index (χ2v) is 7.35. The van der Waals surface area contributed by atoms with Crippen molar-refractivity contribution in [1.82, 2.24) is 0 Å². The van der Waals surface area contributed by atoms with Crippen LogP contribution in [0.2, 0.25) is 0 Å². The predicted molar refractivity (Wildman–Crippen MR) is 103 cm³/mol. The minimum Gasteiger partial charge on any atom is -0.0511 e. The summed E-state index contributed by atoms with van der Waals surface area (Å²) in [5.41, 5.74) is 9.94. The molecule has 0 nitrogen and oxygen atoms in total. The SMILES string of the molecule is Cc1cc2cc(C)c3c(C)c(C)c(C)c4c(C)cc(c1C)c2c34. The van der Waals surface area contributed by atoms with Crippen LogP contribution in [0.15, 0.2) is 18.2 Å². The van der Waals surface area contributed by atoms with Gasteiger partial charge in [0, 0.05) is 0 Å². The maximum atomic E-state index is 2.41. The molecule has 0 aliphatic heterocycles. The highest BCUT2D eigenvalue weighted by molar-refractivity contribution is 6.26. The van der Waals surface area contributed by atoms with Gasteiger partial charge in [-0.1, -0.05) is 18.2 Å². The number of benzene rings is 4. The van der Waals surface area contributed by atoms with E-state index in [-0.39, 0.29) is 0 Å². The molecule has 0 aliphatic carbocycles. The Morgan fingerprint density at radius 2 is 0.957 bits per heavy atom. The molecule has 0 spiro atoms. The molecule has 0 radical (unpaired) electrons. The summed E-state index contributed by atoms with van der Waals surface area (Å²) in [4.78, 5) is 0. The van der Waals surface area contributed by atoms with E-state index in [4.69, 9.17) is 0 Å². The van der Waals surface area contributed by atoms with Gasteiger partial charge in [-0.2, -0.15) is 0 Å². The molecular weight excluding hydrogens is 276 g/mol. The van der Waals surface area contributed by atoms with E-state index in [1.54, 1.807) is 0 Å². The van der Waals surface area contributed by atoms with Gasteiger partial charge in [-0.05, 0) is 120 Å². The van der Waals surface area contributed by atoms with Crippen molar-refractivity contribution in [2.45, 2.75) is 48.5 Å². The number of rotatable bonds is 0. The van der Waals surface area contributed by atoms with Crippen molar-refractivity contribution in [2.75, 3.05) is 0 Å². The molecule has 0 fully saturated rings. The molecule has 0 N–H and O–H groups in total. The van der Waals surface area contributed by atoms with E-state index in [0.29, 0.717) is 0 Å². The van der Waals surface area contributed by atoms with Crippen molar-refractivity contribution in [1.29, 1.82) is 0 Å². The van der Waals surface area contributed by atoms with E-state index < -0.39 is 0 Å². The second kappa shape index (κ2) is 4.47. The van der Waals surface area contributed by atoms with Crippen LogP contribution in [0.5, 0.6) is 0 Å². The fourth-order valence-corrected chi connectivity index (χ4v) is 4.53. The third kappa shape index (κ3) is 1.67. The summed E-state index contributed by atoms with van der Waals surface area (Å²) >= 11 is 0. The molecule has 0 unspecified atom stereocenters. The molecule has 23 heavy (non-hydrogen) atoms. The van der Waals surface area contributed by atoms with Crippen molar-refractivity contribution in [2.24, 2.45) is 0 Å². The van der Waals surface area contributed by atoms with Gasteiger partial charge in [0.2, 0.25) is 0 Å². The predicted octanol–water partition coefficient (Wildman–Crippen LogP) is 6.74. The second-order valence-electron chi connectivity index (χ2n) is 7.35. The summed E-state index contributed by atoms with van der Waals surface area (Å²) in [5, 5.41) is 8.69. The maximum Gasteiger partial charge on any atom is -0.00158 e. The van der Waals surface area contributed by atoms with Crippen LogP contribution in [-0.4, -0.2) is 0 Å². The third-order valence-corrected chi connectivity index (χ3v) is 6.07. The number of hydrogen-bond acceptors (Lipinski definition) is 0. The average Bonchev–Trinajstić information content (AvgIpc) is 2.49. The summed E-state index contributed by atoms with van der Waals surface area (Å²) in [6.45, 7) is 15.9. The Balaban J connectivity index is 2.52. The Hall–Kier alpha value is -2.08. The molecular formula is C23H24. The first kappa shape index (κ1) is 14.5. The highest BCUT2D eigenvalue weighted by Crippen LogP contribution is 2.43. The summed E-state index contributed by atoms with van der Waals surface area (Å²) in [7, 11) is 0. The fraction of sp³-hybridized carbons (Fsp3) is 0.304. The van der Waals surface area contributed by atoms with Gasteiger partial charge in [0.1, 0.15) is 0 Å². The van der Waals surface area contributed by atoms with Crippen molar-refractivity contribution in [3.05, 3.63) is 57.1 Å². The minimum atomic E-state index is 1.39. The summed E-state index contributed by atoms with van der Waals surface area (Å²) < 4.78 is 0. The van der Waals surface area contributed by atoms with E-state index in [2.05, 4.69) is 66.7 Å². The molecule has 0 atom stereocenters. The van der Waals surface area contributed by atoms with Crippen molar-refractivity contribution in [3.8, 4) is 0 Å². The molecule has 4 aromatic rings. The van der Waals surface area contributed by atoms with Crippen LogP contribution in [0, 0.1) is 48.5 Å². The van der Waals surface area contributed by atoms with Gasteiger partial charge in [-0.15, -0.1) is 0 Å². The Morgan fingerprint density at radius 3 is 1.57 bits per heavy atom. The Labute approximate surface area is 138 Å². The number of hydrogen-bond donors (Lipinski definition) is 0. The third-order valence-electron chi connectivity index (χ3n) is 6.07. The maximum absolute atomic E-state index is 2.41. The summed E-state index contributed by atoms with van der Waals surface area (Å²) in [6, 6.07) is 7.15. The minimum absolute atomic E-state index is 1.39. The van der Waals surface area contributed by atoms with Crippen LogP contribution < -0.4 is 0 Å². The standard InChI is InChI=1S/C23H24/c1-11-8-18-9-12(2)20-16(6)15(5)17(7)21-13(3)10-19(14(11)4)22(18)23(20)21/h8-10H,1-7H3. The van der Waals surface area contributed by atoms with E-state index in [1.165, 1.54) is 71.3 Å². The molecule has 4 aromatic carbocycles. The van der Waals surface area contributed by atoms with Crippen molar-refractivity contribution >= 4 is 32.3 Å². The highest BCUT2D eigenvalue weighted by Gasteiger charge is 2.19. The van der Waals surface area contributed by atoms with Crippen molar-refractivity contribution < 1.29 is 0 Å². The molecule has 0 aliphatic rings. The molecule has 0 heteroatoms. The molecule has 0 saturated heterocycles. The van der Waals surface area contributed by atoms with Crippen molar-refractivity contribution in [3.63, 3.8) is 0 Å². The van der Waals surface area contributed by atoms with Gasteiger partial charge in [-0.3, -0.25) is 0 Å². The van der Waals surface area contributed by atoms with Gasteiger partial charge in [0.15, 0.2) is 0 Å². The largest absolute Gasteiger partial charge is 0.0511 e. The lowest BCUT2D eigenvalue weighted by molar-refractivity contribution is 1.30. The van der Waals surface area contributed by atoms with Gasteiger partial charge in [0.05, 0.1) is 0 Å². The van der Waals surface area contributed by atoms with E-state index in [0.717, 1.165) is 0 Å². The fourth-order valence-electron chi connectivity index (χ4n) is 4.53. The van der Waals surface area contributed by atoms with Crippen LogP contribution in [0.3, 0.4) is 0 Å². The zero-order valence-electron chi connectivity index (χ0n) is 15.2. The lowest BCUT2D eigenvalue weighted by atomic mass is 9.82. The molecule has 116 valence electrons. The van der Waals surface area contributed by atoms with E-state index >= 15 is 0 Å². The molecule has 4 rings (SSSR count). The first-order valence-corrected chi connectivity index (χ1v) is 8.48. The molecule has 0 bridgehead atoms. The first-order valence-electron chi connectivity index (χ1n) is 8.48. The molecule has 0 saturated carbocycles. The Morgan fingerprint density at radius 1 is 0.435 bits per heavy atom. The first-order chi connectivity index (χ1) is 10.8. The lowest BCUT2D eigenvalue weighted by Crippen LogP contribution is -1.99. The molecule has 0 amide bonds. The zero-order valence-corrected chi connectivity index (χ0v) is 15.2. The normalized spacial score (nSPS) is 12.1. The topological polar surface area (TPSA) is 0 Å². The van der Waals surface area contributed by atoms with Crippen LogP contribution in [0.4, 0.5) is 0 Å². The van der Waals surface area contributed by atoms with Crippen LogP contribution in [0.1, 0.15) is 38.9 Å². The van der Waals surface area contributed by atoms with E-state index in [1.807, 2.05) is 0 Å². The molecule has 0 heterocycles. The number of aryl methyl sites for hydroxylation is 6. The van der Waals surface area contributed by atoms with Gasteiger partial charge in [-0.25, -0.2) is 0 Å². The smallest absolute Gasteiger partial charge is 0.00158 e. The van der Waals surface area contributed by atoms with Gasteiger partial charge in [0.25, 0.3) is 0 Å². The lowest BCUT2D eigenvalue weighted by Gasteiger charge is -2.22. The Bertz CT molecular complexity index is 1090. The van der Waals surface area contributed by atoms with Gasteiger partial charge < -0.3 is 0 Å². The van der Waals surface area contributed by atoms with Crippen LogP contribution in [0.25, 0.3) is 32.3 Å².